The SMILES string of the molecule is CC1(C)S[C@@H]2[C@H](NC(=O)C([C]OCc3ccc([N+](=O)[O-])cc3)c3ccsc3)C(=O)N2[C@@]1(NC=O)C(=O)OCc1ccccc1. The fraction of sp³-hybridized carbons (Fsp3) is 0.300. The molecule has 0 bridgehead atoms. The molecule has 1 unspecified atom stereocenters. The number of non-ortho nitro benzene ring substituents is 1. The zero-order valence-corrected chi connectivity index (χ0v) is 25.3. The predicted octanol–water partition coefficient (Wildman–Crippen LogP) is 3.36. The number of rotatable bonds is 13. The van der Waals surface area contributed by atoms with Gasteiger partial charge in [-0.15, -0.1) is 11.8 Å². The van der Waals surface area contributed by atoms with Crippen molar-refractivity contribution in [2.24, 2.45) is 0 Å². The highest BCUT2D eigenvalue weighted by Gasteiger charge is 2.74. The standard InChI is InChI=1S/C30H28N4O8S2/c1-29(2)30(31-18-35,28(38)42-15-19-6-4-3-5-7-19)33-26(37)24(27(33)44-29)32-25(36)23(21-12-13-43-17-21)16-41-14-20-8-10-22(11-9-20)34(39)40/h3-13,17-18,23-24,27H,14-15H2,1-2H3,(H,31,35)(H,32,36)/t23?,24-,27-,30+/m1/s1. The number of hydrogen-bond acceptors (Lipinski definition) is 10. The lowest BCUT2D eigenvalue weighted by atomic mass is 9.88. The molecule has 228 valence electrons. The highest BCUT2D eigenvalue weighted by atomic mass is 32.2. The van der Waals surface area contributed by atoms with Gasteiger partial charge in [-0.05, 0) is 59.5 Å². The molecule has 0 spiro atoms. The summed E-state index contributed by atoms with van der Waals surface area (Å²) < 4.78 is 10.2. The van der Waals surface area contributed by atoms with Crippen molar-refractivity contribution in [3.63, 3.8) is 0 Å². The van der Waals surface area contributed by atoms with Crippen LogP contribution in [0.5, 0.6) is 0 Å². The molecular weight excluding hydrogens is 608 g/mol. The molecule has 5 rings (SSSR count). The van der Waals surface area contributed by atoms with Crippen LogP contribution in [0.15, 0.2) is 71.4 Å². The zero-order valence-electron chi connectivity index (χ0n) is 23.6. The van der Waals surface area contributed by atoms with Gasteiger partial charge in [0.25, 0.3) is 11.6 Å². The van der Waals surface area contributed by atoms with Gasteiger partial charge in [0.15, 0.2) is 6.61 Å². The smallest absolute Gasteiger partial charge is 0.355 e. The van der Waals surface area contributed by atoms with Gasteiger partial charge < -0.3 is 20.1 Å². The number of amides is 3. The van der Waals surface area contributed by atoms with Crippen molar-refractivity contribution in [3.05, 3.63) is 105 Å². The largest absolute Gasteiger partial charge is 0.458 e. The van der Waals surface area contributed by atoms with Crippen LogP contribution in [0.4, 0.5) is 5.69 Å². The summed E-state index contributed by atoms with van der Waals surface area (Å²) in [6.45, 7) is 6.15. The topological polar surface area (TPSA) is 157 Å². The highest BCUT2D eigenvalue weighted by molar-refractivity contribution is 8.01. The Bertz CT molecular complexity index is 1530. The Labute approximate surface area is 261 Å². The van der Waals surface area contributed by atoms with Crippen LogP contribution in [0.2, 0.25) is 0 Å². The molecule has 0 saturated carbocycles. The van der Waals surface area contributed by atoms with E-state index in [0.717, 1.165) is 5.56 Å². The summed E-state index contributed by atoms with van der Waals surface area (Å²) in [5.74, 6) is -2.88. The van der Waals surface area contributed by atoms with E-state index < -0.39 is 50.5 Å². The second-order valence-corrected chi connectivity index (χ2v) is 13.1. The summed E-state index contributed by atoms with van der Waals surface area (Å²) in [4.78, 5) is 64.1. The van der Waals surface area contributed by atoms with Gasteiger partial charge in [-0.3, -0.25) is 29.4 Å². The second kappa shape index (κ2) is 12.8. The molecule has 0 aliphatic carbocycles. The van der Waals surface area contributed by atoms with E-state index >= 15 is 0 Å². The van der Waals surface area contributed by atoms with Gasteiger partial charge in [-0.1, -0.05) is 30.3 Å². The number of carbonyl (C=O) groups is 4. The monoisotopic (exact) mass is 636 g/mol. The van der Waals surface area contributed by atoms with Crippen LogP contribution in [0.3, 0.4) is 0 Å². The average molecular weight is 637 g/mol. The maximum atomic E-state index is 13.6. The summed E-state index contributed by atoms with van der Waals surface area (Å²) in [6, 6.07) is 15.6. The number of esters is 1. The molecular formula is C30H28N4O8S2. The van der Waals surface area contributed by atoms with Crippen LogP contribution < -0.4 is 10.6 Å². The molecule has 3 heterocycles. The normalized spacial score (nSPS) is 22.3. The van der Waals surface area contributed by atoms with E-state index in [-0.39, 0.29) is 18.9 Å². The van der Waals surface area contributed by atoms with E-state index in [0.29, 0.717) is 17.5 Å². The van der Waals surface area contributed by atoms with E-state index in [1.807, 2.05) is 6.07 Å². The number of fused-ring (bicyclic) bond motifs is 1. The third kappa shape index (κ3) is 5.79. The van der Waals surface area contributed by atoms with Crippen molar-refractivity contribution in [3.8, 4) is 0 Å². The van der Waals surface area contributed by atoms with Gasteiger partial charge in [0.05, 0.1) is 22.2 Å². The molecule has 3 aromatic rings. The lowest BCUT2D eigenvalue weighted by Crippen LogP contribution is -2.79. The van der Waals surface area contributed by atoms with E-state index in [2.05, 4.69) is 17.2 Å². The Balaban J connectivity index is 1.28. The summed E-state index contributed by atoms with van der Waals surface area (Å²) in [5.41, 5.74) is 0.128. The Morgan fingerprint density at radius 1 is 1.11 bits per heavy atom. The number of ether oxygens (including phenoxy) is 2. The first-order chi connectivity index (χ1) is 21.1. The van der Waals surface area contributed by atoms with Crippen LogP contribution in [0, 0.1) is 16.7 Å². The fourth-order valence-electron chi connectivity index (χ4n) is 5.18. The zero-order chi connectivity index (χ0) is 31.5. The van der Waals surface area contributed by atoms with E-state index in [1.165, 1.54) is 40.1 Å². The van der Waals surface area contributed by atoms with Crippen LogP contribution in [0.25, 0.3) is 0 Å². The number of nitro benzene ring substituents is 1. The number of thioether (sulfide) groups is 1. The van der Waals surface area contributed by atoms with Gasteiger partial charge in [-0.25, -0.2) is 4.79 Å². The van der Waals surface area contributed by atoms with Crippen molar-refractivity contribution < 1.29 is 33.6 Å². The second-order valence-electron chi connectivity index (χ2n) is 10.6. The first kappa shape index (κ1) is 31.2. The molecule has 2 aromatic carbocycles. The summed E-state index contributed by atoms with van der Waals surface area (Å²) in [5, 5.41) is 19.1. The number of nitro groups is 1. The van der Waals surface area contributed by atoms with E-state index in [4.69, 9.17) is 9.47 Å². The lowest BCUT2D eigenvalue weighted by molar-refractivity contribution is -0.384. The van der Waals surface area contributed by atoms with Crippen molar-refractivity contribution in [2.45, 2.75) is 54.8 Å². The number of benzene rings is 2. The number of β-lactam (4-membered cyclic amide) rings is 1. The Hall–Kier alpha value is -4.27. The molecule has 44 heavy (non-hydrogen) atoms. The summed E-state index contributed by atoms with van der Waals surface area (Å²) >= 11 is 2.64. The average Bonchev–Trinajstić information content (AvgIpc) is 3.61. The fourth-order valence-corrected chi connectivity index (χ4v) is 7.57. The summed E-state index contributed by atoms with van der Waals surface area (Å²) in [7, 11) is 0. The minimum absolute atomic E-state index is 0.0136. The van der Waals surface area contributed by atoms with E-state index in [9.17, 15) is 29.3 Å². The molecule has 2 saturated heterocycles. The maximum absolute atomic E-state index is 13.6. The molecule has 14 heteroatoms. The van der Waals surface area contributed by atoms with Crippen molar-refractivity contribution in [1.82, 2.24) is 15.5 Å². The number of nitrogens with zero attached hydrogens (tertiary/aromatic N) is 2. The molecule has 3 amide bonds. The van der Waals surface area contributed by atoms with Crippen molar-refractivity contribution >= 4 is 53.0 Å². The maximum Gasteiger partial charge on any atom is 0.355 e. The minimum Gasteiger partial charge on any atom is -0.458 e. The molecule has 1 aromatic heterocycles. The predicted molar refractivity (Wildman–Crippen MR) is 161 cm³/mol. The van der Waals surface area contributed by atoms with Crippen LogP contribution >= 0.6 is 23.1 Å². The third-order valence-corrected chi connectivity index (χ3v) is 9.80. The van der Waals surface area contributed by atoms with Crippen molar-refractivity contribution in [1.29, 1.82) is 0 Å². The number of thiophene rings is 1. The molecule has 4 atom stereocenters. The Morgan fingerprint density at radius 2 is 1.82 bits per heavy atom. The first-order valence-corrected chi connectivity index (χ1v) is 15.3. The third-order valence-electron chi connectivity index (χ3n) is 7.49. The summed E-state index contributed by atoms with van der Waals surface area (Å²) in [6.07, 6.45) is 0.368. The lowest BCUT2D eigenvalue weighted by Gasteiger charge is -2.49. The highest BCUT2D eigenvalue weighted by Crippen LogP contribution is 2.56. The number of nitrogens with one attached hydrogen (secondary N) is 2. The number of carbonyl (C=O) groups excluding carboxylic acids is 4. The van der Waals surface area contributed by atoms with Gasteiger partial charge in [-0.2, -0.15) is 11.3 Å². The molecule has 2 fully saturated rings. The van der Waals surface area contributed by atoms with Gasteiger partial charge >= 0.3 is 5.97 Å². The van der Waals surface area contributed by atoms with Crippen molar-refractivity contribution in [2.75, 3.05) is 0 Å². The van der Waals surface area contributed by atoms with Crippen LogP contribution in [-0.2, 0) is 41.9 Å². The van der Waals surface area contributed by atoms with E-state index in [1.54, 1.807) is 67.1 Å². The number of hydrogen-bond donors (Lipinski definition) is 2. The molecule has 2 radical (unpaired) electrons. The first-order valence-electron chi connectivity index (χ1n) is 13.5. The van der Waals surface area contributed by atoms with Crippen LogP contribution in [-0.4, -0.2) is 55.8 Å². The van der Waals surface area contributed by atoms with Gasteiger partial charge in [0.2, 0.25) is 18.0 Å². The molecule has 12 nitrogen and oxygen atoms in total. The molecule has 2 aliphatic heterocycles. The Kier molecular flexibility index (Phi) is 9.04. The minimum atomic E-state index is -1.80. The van der Waals surface area contributed by atoms with Crippen LogP contribution in [0.1, 0.15) is 36.5 Å². The van der Waals surface area contributed by atoms with Gasteiger partial charge in [0, 0.05) is 12.1 Å². The van der Waals surface area contributed by atoms with Gasteiger partial charge in [0.1, 0.15) is 18.0 Å². The molecule has 2 aliphatic rings. The molecule has 2 N–H and O–H groups in total. The quantitative estimate of drug-likeness (QED) is 0.0944. The Morgan fingerprint density at radius 3 is 2.45 bits per heavy atom.